The van der Waals surface area contributed by atoms with Crippen molar-refractivity contribution in [2.24, 2.45) is 0 Å². The molecule has 3 heterocycles. The number of nitrogens with zero attached hydrogens (tertiary/aromatic N) is 3. The van der Waals surface area contributed by atoms with Gasteiger partial charge in [-0.1, -0.05) is 12.1 Å². The summed E-state index contributed by atoms with van der Waals surface area (Å²) in [6.45, 7) is 2.52. The van der Waals surface area contributed by atoms with E-state index in [0.717, 1.165) is 12.0 Å². The molecule has 1 atom stereocenters. The summed E-state index contributed by atoms with van der Waals surface area (Å²) in [4.78, 5) is 35.5. The van der Waals surface area contributed by atoms with Crippen LogP contribution in [0.15, 0.2) is 45.7 Å². The first-order valence-electron chi connectivity index (χ1n) is 8.80. The molecule has 1 aliphatic rings. The molecule has 0 spiro atoms. The molecule has 1 fully saturated rings. The number of carbonyl (C=O) groups is 1. The van der Waals surface area contributed by atoms with Crippen LogP contribution in [0, 0.1) is 6.92 Å². The van der Waals surface area contributed by atoms with Crippen molar-refractivity contribution in [1.29, 1.82) is 0 Å². The Labute approximate surface area is 155 Å². The van der Waals surface area contributed by atoms with E-state index in [2.05, 4.69) is 9.97 Å². The van der Waals surface area contributed by atoms with Crippen molar-refractivity contribution in [1.82, 2.24) is 9.97 Å². The number of aromatic nitrogens is 2. The highest BCUT2D eigenvalue weighted by atomic mass is 16.5. The van der Waals surface area contributed by atoms with Crippen molar-refractivity contribution < 1.29 is 13.9 Å². The van der Waals surface area contributed by atoms with Crippen LogP contribution in [0.2, 0.25) is 0 Å². The topological polar surface area (TPSA) is 85.5 Å². The SMILES string of the molecule is COC(=O)[C@H]1CCCN1c1ncccc1-c1nc2cccc(C)c2c(=O)o1. The van der Waals surface area contributed by atoms with Crippen LogP contribution < -0.4 is 10.5 Å². The second-order valence-corrected chi connectivity index (χ2v) is 6.52. The third kappa shape index (κ3) is 2.95. The van der Waals surface area contributed by atoms with Crippen LogP contribution >= 0.6 is 0 Å². The fraction of sp³-hybridized carbons (Fsp3) is 0.300. The number of fused-ring (bicyclic) bond motifs is 1. The van der Waals surface area contributed by atoms with E-state index in [9.17, 15) is 9.59 Å². The Morgan fingerprint density at radius 1 is 1.30 bits per heavy atom. The molecule has 0 N–H and O–H groups in total. The maximum absolute atomic E-state index is 12.5. The predicted octanol–water partition coefficient (Wildman–Crippen LogP) is 2.70. The molecule has 4 rings (SSSR count). The number of carbonyl (C=O) groups excluding carboxylic acids is 1. The highest BCUT2D eigenvalue weighted by Gasteiger charge is 2.34. The van der Waals surface area contributed by atoms with Crippen molar-refractivity contribution in [2.75, 3.05) is 18.6 Å². The maximum atomic E-state index is 12.5. The molecule has 0 radical (unpaired) electrons. The van der Waals surface area contributed by atoms with Gasteiger partial charge in [0.1, 0.15) is 11.9 Å². The number of anilines is 1. The number of esters is 1. The van der Waals surface area contributed by atoms with Crippen LogP contribution in [-0.2, 0) is 9.53 Å². The smallest absolute Gasteiger partial charge is 0.347 e. The van der Waals surface area contributed by atoms with Crippen LogP contribution in [-0.4, -0.2) is 35.6 Å². The van der Waals surface area contributed by atoms with Crippen LogP contribution in [0.25, 0.3) is 22.4 Å². The summed E-state index contributed by atoms with van der Waals surface area (Å²) >= 11 is 0. The second-order valence-electron chi connectivity index (χ2n) is 6.52. The molecule has 1 aliphatic heterocycles. The Kier molecular flexibility index (Phi) is 4.35. The first kappa shape index (κ1) is 17.2. The van der Waals surface area contributed by atoms with Gasteiger partial charge < -0.3 is 14.1 Å². The van der Waals surface area contributed by atoms with Gasteiger partial charge in [-0.25, -0.2) is 19.6 Å². The molecule has 3 aromatic rings. The van der Waals surface area contributed by atoms with E-state index in [-0.39, 0.29) is 11.9 Å². The Balaban J connectivity index is 1.86. The molecule has 0 unspecified atom stereocenters. The van der Waals surface area contributed by atoms with E-state index in [0.29, 0.717) is 35.2 Å². The van der Waals surface area contributed by atoms with Crippen molar-refractivity contribution in [3.63, 3.8) is 0 Å². The third-order valence-corrected chi connectivity index (χ3v) is 4.88. The number of ether oxygens (including phenoxy) is 1. The van der Waals surface area contributed by atoms with Crippen LogP contribution in [0.5, 0.6) is 0 Å². The van der Waals surface area contributed by atoms with Gasteiger partial charge in [0.05, 0.1) is 23.6 Å². The van der Waals surface area contributed by atoms with Gasteiger partial charge in [-0.2, -0.15) is 0 Å². The average Bonchev–Trinajstić information content (AvgIpc) is 3.17. The molecular formula is C20H19N3O4. The molecule has 7 heteroatoms. The molecule has 1 saturated heterocycles. The molecule has 0 amide bonds. The second kappa shape index (κ2) is 6.83. The molecule has 0 aliphatic carbocycles. The van der Waals surface area contributed by atoms with E-state index in [1.165, 1.54) is 7.11 Å². The molecule has 138 valence electrons. The number of hydrogen-bond acceptors (Lipinski definition) is 7. The van der Waals surface area contributed by atoms with Gasteiger partial charge in [0.15, 0.2) is 0 Å². The summed E-state index contributed by atoms with van der Waals surface area (Å²) < 4.78 is 10.5. The largest absolute Gasteiger partial charge is 0.467 e. The van der Waals surface area contributed by atoms with Gasteiger partial charge in [0.25, 0.3) is 0 Å². The quantitative estimate of drug-likeness (QED) is 0.660. The Morgan fingerprint density at radius 2 is 2.15 bits per heavy atom. The van der Waals surface area contributed by atoms with Crippen molar-refractivity contribution in [2.45, 2.75) is 25.8 Å². The highest BCUT2D eigenvalue weighted by molar-refractivity contribution is 5.85. The van der Waals surface area contributed by atoms with Gasteiger partial charge in [-0.15, -0.1) is 0 Å². The summed E-state index contributed by atoms with van der Waals surface area (Å²) in [5.41, 5.74) is 1.53. The average molecular weight is 365 g/mol. The van der Waals surface area contributed by atoms with Crippen molar-refractivity contribution in [3.8, 4) is 11.5 Å². The molecule has 1 aromatic carbocycles. The predicted molar refractivity (Wildman–Crippen MR) is 101 cm³/mol. The zero-order valence-corrected chi connectivity index (χ0v) is 15.1. The van der Waals surface area contributed by atoms with Gasteiger partial charge in [-0.05, 0) is 43.5 Å². The molecular weight excluding hydrogens is 346 g/mol. The zero-order valence-electron chi connectivity index (χ0n) is 15.1. The maximum Gasteiger partial charge on any atom is 0.347 e. The lowest BCUT2D eigenvalue weighted by atomic mass is 10.1. The molecule has 27 heavy (non-hydrogen) atoms. The zero-order chi connectivity index (χ0) is 19.0. The summed E-state index contributed by atoms with van der Waals surface area (Å²) in [7, 11) is 1.38. The van der Waals surface area contributed by atoms with Gasteiger partial charge in [0.2, 0.25) is 5.89 Å². The lowest BCUT2D eigenvalue weighted by Crippen LogP contribution is -2.37. The van der Waals surface area contributed by atoms with E-state index >= 15 is 0 Å². The van der Waals surface area contributed by atoms with E-state index in [4.69, 9.17) is 9.15 Å². The van der Waals surface area contributed by atoms with Crippen molar-refractivity contribution >= 4 is 22.7 Å². The van der Waals surface area contributed by atoms with Gasteiger partial charge in [-0.3, -0.25) is 0 Å². The third-order valence-electron chi connectivity index (χ3n) is 4.88. The summed E-state index contributed by atoms with van der Waals surface area (Å²) in [5.74, 6) is 0.456. The monoisotopic (exact) mass is 365 g/mol. The fourth-order valence-electron chi connectivity index (χ4n) is 3.59. The molecule has 0 bridgehead atoms. The van der Waals surface area contributed by atoms with Crippen LogP contribution in [0.1, 0.15) is 18.4 Å². The summed E-state index contributed by atoms with van der Waals surface area (Å²) in [5, 5.41) is 0.473. The fourth-order valence-corrected chi connectivity index (χ4v) is 3.59. The number of aryl methyl sites for hydroxylation is 1. The lowest BCUT2D eigenvalue weighted by molar-refractivity contribution is -0.141. The normalized spacial score (nSPS) is 16.7. The Morgan fingerprint density at radius 3 is 2.96 bits per heavy atom. The first-order valence-corrected chi connectivity index (χ1v) is 8.80. The van der Waals surface area contributed by atoms with Crippen LogP contribution in [0.3, 0.4) is 0 Å². The highest BCUT2D eigenvalue weighted by Crippen LogP contribution is 2.33. The Hall–Kier alpha value is -3.22. The molecule has 7 nitrogen and oxygen atoms in total. The van der Waals surface area contributed by atoms with Gasteiger partial charge in [0, 0.05) is 12.7 Å². The number of methoxy groups -OCH3 is 1. The minimum atomic E-state index is -0.436. The van der Waals surface area contributed by atoms with E-state index in [1.54, 1.807) is 24.4 Å². The minimum Gasteiger partial charge on any atom is -0.467 e. The number of pyridine rings is 1. The van der Waals surface area contributed by atoms with Crippen LogP contribution in [0.4, 0.5) is 5.82 Å². The summed E-state index contributed by atoms with van der Waals surface area (Å²) in [6, 6.07) is 8.63. The summed E-state index contributed by atoms with van der Waals surface area (Å²) in [6.07, 6.45) is 3.19. The number of rotatable bonds is 3. The van der Waals surface area contributed by atoms with Crippen molar-refractivity contribution in [3.05, 3.63) is 52.5 Å². The molecule has 0 saturated carbocycles. The van der Waals surface area contributed by atoms with E-state index in [1.807, 2.05) is 24.0 Å². The number of hydrogen-bond donors (Lipinski definition) is 0. The minimum absolute atomic E-state index is 0.191. The lowest BCUT2D eigenvalue weighted by Gasteiger charge is -2.25. The first-order chi connectivity index (χ1) is 13.1. The molecule has 2 aromatic heterocycles. The number of benzene rings is 1. The van der Waals surface area contributed by atoms with Gasteiger partial charge >= 0.3 is 11.6 Å². The Bertz CT molecular complexity index is 1080. The van der Waals surface area contributed by atoms with E-state index < -0.39 is 11.7 Å². The standard InChI is InChI=1S/C20H19N3O4/c1-12-6-3-8-14-16(12)20(25)27-18(22-14)13-7-4-10-21-17(13)23-11-5-9-15(23)19(24)26-2/h3-4,6-8,10,15H,5,9,11H2,1-2H3/t15-/m1/s1.